The van der Waals surface area contributed by atoms with Gasteiger partial charge < -0.3 is 10.6 Å². The maximum Gasteiger partial charge on any atom is 0.0253 e. The fraction of sp³-hybridized carbons (Fsp3) is 0.857. The van der Waals surface area contributed by atoms with Crippen LogP contribution in [0.15, 0.2) is 11.6 Å². The van der Waals surface area contributed by atoms with E-state index < -0.39 is 0 Å². The number of hydrogen-bond donors (Lipinski definition) is 2. The highest BCUT2D eigenvalue weighted by molar-refractivity contribution is 5.26. The molecule has 4 aliphatic carbocycles. The van der Waals surface area contributed by atoms with Crippen LogP contribution in [-0.4, -0.2) is 25.2 Å². The third-order valence-electron chi connectivity index (χ3n) is 9.67. The summed E-state index contributed by atoms with van der Waals surface area (Å²) in [6, 6.07) is 1.20. The van der Waals surface area contributed by atoms with E-state index in [1.165, 1.54) is 51.4 Å². The van der Waals surface area contributed by atoms with Gasteiger partial charge in [-0.3, -0.25) is 0 Å². The Morgan fingerprint density at radius 2 is 1.73 bits per heavy atom. The van der Waals surface area contributed by atoms with Gasteiger partial charge in [-0.25, -0.2) is 0 Å². The Balaban J connectivity index is 0.00000104. The van der Waals surface area contributed by atoms with E-state index in [2.05, 4.69) is 64.2 Å². The standard InChI is InChI=1S/C25H44N2.C2H2.CH4/c1-17(2)26-14-15-27-20-10-12-25(5)19(16-20)7-8-21-22-9-6-18(3)24(22,4)13-11-23(21)25;1-2;/h16-18,20-23,26-27H,6-15H2,1-5H3;1-2H;1H4. The Morgan fingerprint density at radius 3 is 2.43 bits per heavy atom. The van der Waals surface area contributed by atoms with Gasteiger partial charge in [0.2, 0.25) is 0 Å². The number of allylic oxidation sites excluding steroid dienone is 1. The predicted octanol–water partition coefficient (Wildman–Crippen LogP) is 6.43. The molecule has 7 unspecified atom stereocenters. The van der Waals surface area contributed by atoms with Crippen LogP contribution in [0, 0.1) is 47.3 Å². The molecular weight excluding hydrogens is 364 g/mol. The van der Waals surface area contributed by atoms with Crippen molar-refractivity contribution in [2.45, 2.75) is 105 Å². The molecule has 0 aromatic carbocycles. The van der Waals surface area contributed by atoms with Crippen molar-refractivity contribution in [1.29, 1.82) is 0 Å². The van der Waals surface area contributed by atoms with Gasteiger partial charge in [-0.15, -0.1) is 12.8 Å². The number of fused-ring (bicyclic) bond motifs is 5. The zero-order valence-corrected chi connectivity index (χ0v) is 19.8. The summed E-state index contributed by atoms with van der Waals surface area (Å²) in [6.07, 6.45) is 22.2. The lowest BCUT2D eigenvalue weighted by molar-refractivity contribution is -0.0495. The van der Waals surface area contributed by atoms with E-state index in [0.717, 1.165) is 36.8 Å². The van der Waals surface area contributed by atoms with E-state index in [9.17, 15) is 0 Å². The van der Waals surface area contributed by atoms with Crippen LogP contribution >= 0.6 is 0 Å². The number of terminal acetylenes is 1. The van der Waals surface area contributed by atoms with Crippen LogP contribution in [0.25, 0.3) is 0 Å². The molecule has 0 amide bonds. The van der Waals surface area contributed by atoms with E-state index in [-0.39, 0.29) is 7.43 Å². The topological polar surface area (TPSA) is 24.1 Å². The first-order valence-electron chi connectivity index (χ1n) is 12.4. The molecule has 2 nitrogen and oxygen atoms in total. The van der Waals surface area contributed by atoms with Gasteiger partial charge in [-0.2, -0.15) is 0 Å². The van der Waals surface area contributed by atoms with Crippen molar-refractivity contribution in [3.8, 4) is 12.8 Å². The molecule has 4 rings (SSSR count). The van der Waals surface area contributed by atoms with E-state index in [0.29, 0.717) is 22.9 Å². The van der Waals surface area contributed by atoms with Crippen LogP contribution in [-0.2, 0) is 0 Å². The van der Waals surface area contributed by atoms with E-state index in [4.69, 9.17) is 0 Å². The molecule has 2 N–H and O–H groups in total. The molecule has 30 heavy (non-hydrogen) atoms. The Kier molecular flexibility index (Phi) is 8.68. The second-order valence-electron chi connectivity index (χ2n) is 11.3. The second kappa shape index (κ2) is 10.2. The smallest absolute Gasteiger partial charge is 0.0253 e. The van der Waals surface area contributed by atoms with E-state index >= 15 is 0 Å². The normalized spacial score (nSPS) is 42.0. The van der Waals surface area contributed by atoms with Crippen molar-refractivity contribution in [3.63, 3.8) is 0 Å². The minimum atomic E-state index is 0. The average molecular weight is 415 g/mol. The summed E-state index contributed by atoms with van der Waals surface area (Å²) in [5.41, 5.74) is 2.98. The van der Waals surface area contributed by atoms with Crippen LogP contribution in [0.1, 0.15) is 93.4 Å². The zero-order valence-electron chi connectivity index (χ0n) is 19.8. The highest BCUT2D eigenvalue weighted by Crippen LogP contribution is 2.66. The molecule has 0 heterocycles. The molecular formula is C28H50N2. The lowest BCUT2D eigenvalue weighted by atomic mass is 9.47. The second-order valence-corrected chi connectivity index (χ2v) is 11.3. The highest BCUT2D eigenvalue weighted by Gasteiger charge is 2.57. The Bertz CT molecular complexity index is 605. The molecule has 3 saturated carbocycles. The Labute approximate surface area is 188 Å². The molecule has 4 aliphatic rings. The molecule has 2 heteroatoms. The van der Waals surface area contributed by atoms with Crippen LogP contribution in [0.5, 0.6) is 0 Å². The van der Waals surface area contributed by atoms with Gasteiger partial charge in [-0.05, 0) is 85.9 Å². The molecule has 0 aromatic heterocycles. The summed E-state index contributed by atoms with van der Waals surface area (Å²) in [5.74, 6) is 3.94. The van der Waals surface area contributed by atoms with Gasteiger partial charge >= 0.3 is 0 Å². The molecule has 0 spiro atoms. The summed E-state index contributed by atoms with van der Waals surface area (Å²) in [7, 11) is 0. The van der Waals surface area contributed by atoms with Crippen molar-refractivity contribution in [2.75, 3.05) is 13.1 Å². The molecule has 3 fully saturated rings. The van der Waals surface area contributed by atoms with Gasteiger partial charge in [0.15, 0.2) is 0 Å². The lowest BCUT2D eigenvalue weighted by Gasteiger charge is -2.58. The van der Waals surface area contributed by atoms with Crippen molar-refractivity contribution in [1.82, 2.24) is 10.6 Å². The molecule has 0 aliphatic heterocycles. The first-order chi connectivity index (χ1) is 13.8. The molecule has 7 atom stereocenters. The van der Waals surface area contributed by atoms with Crippen molar-refractivity contribution in [2.24, 2.45) is 34.5 Å². The third-order valence-corrected chi connectivity index (χ3v) is 9.67. The SMILES string of the molecule is C.C#C.CC(C)NCCNC1C=C2CCC3C(CCC4(C)C(C)CCC34)C2(C)CC1. The quantitative estimate of drug-likeness (QED) is 0.308. The lowest BCUT2D eigenvalue weighted by Crippen LogP contribution is -2.51. The molecule has 0 aromatic rings. The number of rotatable bonds is 5. The summed E-state index contributed by atoms with van der Waals surface area (Å²) in [4.78, 5) is 0. The average Bonchev–Trinajstić information content (AvgIpc) is 3.01. The first-order valence-corrected chi connectivity index (χ1v) is 12.4. The molecule has 0 saturated heterocycles. The van der Waals surface area contributed by atoms with Crippen molar-refractivity contribution < 1.29 is 0 Å². The molecule has 0 bridgehead atoms. The third kappa shape index (κ3) is 4.54. The van der Waals surface area contributed by atoms with Crippen LogP contribution < -0.4 is 10.6 Å². The first kappa shape index (κ1) is 25.5. The van der Waals surface area contributed by atoms with Crippen molar-refractivity contribution >= 4 is 0 Å². The van der Waals surface area contributed by atoms with Crippen LogP contribution in [0.2, 0.25) is 0 Å². The van der Waals surface area contributed by atoms with E-state index in [1.54, 1.807) is 0 Å². The minimum Gasteiger partial charge on any atom is -0.313 e. The molecule has 172 valence electrons. The summed E-state index contributed by atoms with van der Waals surface area (Å²) >= 11 is 0. The van der Waals surface area contributed by atoms with Gasteiger partial charge in [0.25, 0.3) is 0 Å². The van der Waals surface area contributed by atoms with Gasteiger partial charge in [0.1, 0.15) is 0 Å². The Morgan fingerprint density at radius 1 is 1.00 bits per heavy atom. The largest absolute Gasteiger partial charge is 0.313 e. The van der Waals surface area contributed by atoms with Crippen molar-refractivity contribution in [3.05, 3.63) is 11.6 Å². The molecule has 0 radical (unpaired) electrons. The van der Waals surface area contributed by atoms with Gasteiger partial charge in [0.05, 0.1) is 0 Å². The van der Waals surface area contributed by atoms with Gasteiger partial charge in [0, 0.05) is 25.2 Å². The number of hydrogen-bond acceptors (Lipinski definition) is 2. The maximum atomic E-state index is 4.00. The maximum absolute atomic E-state index is 4.00. The minimum absolute atomic E-state index is 0. The summed E-state index contributed by atoms with van der Waals surface area (Å²) in [5, 5.41) is 7.34. The van der Waals surface area contributed by atoms with Crippen LogP contribution in [0.3, 0.4) is 0 Å². The predicted molar refractivity (Wildman–Crippen MR) is 132 cm³/mol. The van der Waals surface area contributed by atoms with E-state index in [1.807, 2.05) is 5.57 Å². The number of nitrogens with one attached hydrogen (secondary N) is 2. The monoisotopic (exact) mass is 414 g/mol. The fourth-order valence-corrected chi connectivity index (χ4v) is 7.77. The Hall–Kier alpha value is -0.780. The highest BCUT2D eigenvalue weighted by atomic mass is 15.0. The fourth-order valence-electron chi connectivity index (χ4n) is 7.77. The van der Waals surface area contributed by atoms with Gasteiger partial charge in [-0.1, -0.05) is 53.7 Å². The zero-order chi connectivity index (χ0) is 21.2. The summed E-state index contributed by atoms with van der Waals surface area (Å²) in [6.45, 7) is 14.5. The van der Waals surface area contributed by atoms with Crippen LogP contribution in [0.4, 0.5) is 0 Å². The summed E-state index contributed by atoms with van der Waals surface area (Å²) < 4.78 is 0.